The smallest absolute Gasteiger partial charge is 0 e. The van der Waals surface area contributed by atoms with E-state index in [0.29, 0.717) is 0 Å². The molecule has 0 aromatic rings. The molecule has 0 atom stereocenters. The Bertz CT molecular complexity index is 30.6. The Morgan fingerprint density at radius 3 is 1.80 bits per heavy atom. The maximum atomic E-state index is 9.48. The van der Waals surface area contributed by atoms with E-state index in [1.165, 1.54) is 0 Å². The van der Waals surface area contributed by atoms with Gasteiger partial charge in [-0.15, -0.1) is 0 Å². The second kappa shape index (κ2) is 5.27. The predicted octanol–water partition coefficient (Wildman–Crippen LogP) is -0.679. The minimum atomic E-state index is 0. The molecule has 3 heteroatoms. The third-order valence-corrected chi connectivity index (χ3v) is 0. The zero-order valence-corrected chi connectivity index (χ0v) is 8.62. The van der Waals surface area contributed by atoms with Crippen molar-refractivity contribution in [2.45, 2.75) is 6.92 Å². The van der Waals surface area contributed by atoms with E-state index in [2.05, 4.69) is 0 Å². The molecule has 1 nitrogen and oxygen atoms in total. The first-order valence-electron chi connectivity index (χ1n) is 0.954. The van der Waals surface area contributed by atoms with Gasteiger partial charge in [0.25, 0.3) is 0 Å². The fraction of sp³-hybridized carbons (Fsp3) is 0.500. The van der Waals surface area contributed by atoms with Gasteiger partial charge in [0.05, 0.1) is 0 Å². The Morgan fingerprint density at radius 2 is 1.80 bits per heavy atom. The number of hydrogen-bond donors (Lipinski definition) is 0. The first-order chi connectivity index (χ1) is 1.73. The topological polar surface area (TPSA) is 17.1 Å². The summed E-state index contributed by atoms with van der Waals surface area (Å²) in [4.78, 5) is 9.48. The van der Waals surface area contributed by atoms with Crippen molar-refractivity contribution >= 4 is 50.2 Å². The van der Waals surface area contributed by atoms with Gasteiger partial charge in [0.2, 0.25) is 0 Å². The van der Waals surface area contributed by atoms with Gasteiger partial charge in [0.15, 0.2) is 0 Å². The quantitative estimate of drug-likeness (QED) is 0.538. The molecule has 0 saturated heterocycles. The van der Waals surface area contributed by atoms with E-state index in [-0.39, 0.29) is 27.7 Å². The molecule has 7 radical (unpaired) electrons. The summed E-state index contributed by atoms with van der Waals surface area (Å²) in [7, 11) is 0. The van der Waals surface area contributed by atoms with Crippen LogP contribution in [0.3, 0.4) is 0 Å². The van der Waals surface area contributed by atoms with Crippen LogP contribution in [0.1, 0.15) is 6.92 Å². The van der Waals surface area contributed by atoms with E-state index < -0.39 is 0 Å². The summed E-state index contributed by atoms with van der Waals surface area (Å²) in [5, 5.41) is 0. The summed E-state index contributed by atoms with van der Waals surface area (Å²) in [5.41, 5.74) is 0. The van der Waals surface area contributed by atoms with E-state index in [1.54, 1.807) is 6.92 Å². The second-order valence-electron chi connectivity index (χ2n) is 0.556. The Balaban J connectivity index is 0. The SMILES string of the molecule is C[C](=O)[Sn].[Sn]. The molecule has 0 saturated carbocycles. The minimum absolute atomic E-state index is 0. The van der Waals surface area contributed by atoms with Gasteiger partial charge in [-0.05, 0) is 0 Å². The van der Waals surface area contributed by atoms with Crippen LogP contribution in [0.4, 0.5) is 0 Å². The second-order valence-corrected chi connectivity index (χ2v) is 2.57. The number of carbonyl (C=O) groups excluding carboxylic acids is 1. The first kappa shape index (κ1) is 9.55. The predicted molar refractivity (Wildman–Crippen MR) is 22.2 cm³/mol. The van der Waals surface area contributed by atoms with Gasteiger partial charge in [-0.3, -0.25) is 0 Å². The van der Waals surface area contributed by atoms with E-state index in [1.807, 2.05) is 0 Å². The number of rotatable bonds is 0. The molecular weight excluding hydrogens is 277 g/mol. The van der Waals surface area contributed by atoms with Gasteiger partial charge in [-0.1, -0.05) is 0 Å². The molecule has 5 heavy (non-hydrogen) atoms. The molecule has 0 aliphatic heterocycles. The van der Waals surface area contributed by atoms with Crippen molar-refractivity contribution in [2.24, 2.45) is 0 Å². The molecule has 0 aliphatic carbocycles. The molecule has 0 rings (SSSR count). The molecule has 0 aromatic carbocycles. The number of carbonyl (C=O) groups is 1. The van der Waals surface area contributed by atoms with Crippen LogP contribution in [0.2, 0.25) is 0 Å². The molecule has 0 spiro atoms. The van der Waals surface area contributed by atoms with Gasteiger partial charge in [-0.2, -0.15) is 0 Å². The summed E-state index contributed by atoms with van der Waals surface area (Å²) in [6.45, 7) is 1.57. The average molecular weight is 280 g/mol. The molecule has 0 aromatic heterocycles. The largest absolute Gasteiger partial charge is 0 e. The van der Waals surface area contributed by atoms with Gasteiger partial charge < -0.3 is 0 Å². The zero-order valence-electron chi connectivity index (χ0n) is 2.91. The molecule has 0 heterocycles. The van der Waals surface area contributed by atoms with Crippen LogP contribution in [-0.2, 0) is 4.79 Å². The Kier molecular flexibility index (Phi) is 10.1. The van der Waals surface area contributed by atoms with Crippen molar-refractivity contribution in [2.75, 3.05) is 0 Å². The number of hydrogen-bond acceptors (Lipinski definition) is 1. The Labute approximate surface area is 61.6 Å². The third-order valence-electron chi connectivity index (χ3n) is 0. The average Bonchev–Trinajstić information content (AvgIpc) is 0.811. The summed E-state index contributed by atoms with van der Waals surface area (Å²) >= 11 is 0.998. The van der Waals surface area contributed by atoms with E-state index in [0.717, 1.165) is 22.5 Å². The molecule has 0 N–H and O–H groups in total. The minimum Gasteiger partial charge on any atom is 0 e. The fourth-order valence-corrected chi connectivity index (χ4v) is 0. The van der Waals surface area contributed by atoms with Crippen molar-refractivity contribution < 1.29 is 4.79 Å². The van der Waals surface area contributed by atoms with Gasteiger partial charge in [-0.25, -0.2) is 0 Å². The summed E-state index contributed by atoms with van der Waals surface area (Å²) in [5.74, 6) is 0. The molecule has 0 fully saturated rings. The molecule has 0 bridgehead atoms. The maximum Gasteiger partial charge on any atom is 0 e. The van der Waals surface area contributed by atoms with Crippen LogP contribution in [-0.4, -0.2) is 50.2 Å². The van der Waals surface area contributed by atoms with E-state index >= 15 is 0 Å². The molecular formula is C2H3OSn2. The van der Waals surface area contributed by atoms with Crippen molar-refractivity contribution in [3.05, 3.63) is 0 Å². The van der Waals surface area contributed by atoms with Crippen LogP contribution in [0.25, 0.3) is 0 Å². The van der Waals surface area contributed by atoms with Crippen LogP contribution in [0.5, 0.6) is 0 Å². The zero-order chi connectivity index (χ0) is 3.58. The molecule has 25 valence electrons. The third kappa shape index (κ3) is 35.0. The van der Waals surface area contributed by atoms with Crippen molar-refractivity contribution in [1.29, 1.82) is 0 Å². The Morgan fingerprint density at radius 1 is 1.80 bits per heavy atom. The van der Waals surface area contributed by atoms with Crippen molar-refractivity contribution in [3.8, 4) is 0 Å². The van der Waals surface area contributed by atoms with Crippen molar-refractivity contribution in [3.63, 3.8) is 0 Å². The fourth-order valence-electron chi connectivity index (χ4n) is 0. The monoisotopic (exact) mass is 283 g/mol. The van der Waals surface area contributed by atoms with Crippen LogP contribution < -0.4 is 0 Å². The molecule has 0 unspecified atom stereocenters. The van der Waals surface area contributed by atoms with Gasteiger partial charge >= 0.3 is 38.0 Å². The maximum absolute atomic E-state index is 9.48. The van der Waals surface area contributed by atoms with Gasteiger partial charge in [0, 0.05) is 23.9 Å². The van der Waals surface area contributed by atoms with Gasteiger partial charge in [0.1, 0.15) is 0 Å². The summed E-state index contributed by atoms with van der Waals surface area (Å²) in [6.07, 6.45) is 0. The summed E-state index contributed by atoms with van der Waals surface area (Å²) in [6, 6.07) is 0. The van der Waals surface area contributed by atoms with E-state index in [4.69, 9.17) is 0 Å². The summed E-state index contributed by atoms with van der Waals surface area (Å²) < 4.78 is 0.257. The van der Waals surface area contributed by atoms with Crippen LogP contribution >= 0.6 is 0 Å². The molecule has 0 aliphatic rings. The standard InChI is InChI=1S/C2H3O.2Sn/c1-2-3;;/h1H3;;. The molecule has 0 amide bonds. The van der Waals surface area contributed by atoms with Crippen LogP contribution in [0.15, 0.2) is 0 Å². The van der Waals surface area contributed by atoms with E-state index in [9.17, 15) is 4.79 Å². The Hall–Kier alpha value is 1.27. The van der Waals surface area contributed by atoms with Crippen LogP contribution in [0, 0.1) is 0 Å². The first-order valence-corrected chi connectivity index (χ1v) is 2.38. The normalized spacial score (nSPS) is 5.20. The van der Waals surface area contributed by atoms with Crippen molar-refractivity contribution in [1.82, 2.24) is 0 Å².